The number of aryl methyl sites for hydroxylation is 3. The highest BCUT2D eigenvalue weighted by Crippen LogP contribution is 2.32. The van der Waals surface area contributed by atoms with E-state index in [9.17, 15) is 25.0 Å². The van der Waals surface area contributed by atoms with Crippen molar-refractivity contribution in [3.05, 3.63) is 90.4 Å². The van der Waals surface area contributed by atoms with Crippen LogP contribution in [-0.2, 0) is 6.42 Å². The minimum absolute atomic E-state index is 0.0100. The summed E-state index contributed by atoms with van der Waals surface area (Å²) in [6.07, 6.45) is 1.85. The molecule has 0 bridgehead atoms. The van der Waals surface area contributed by atoms with E-state index in [1.165, 1.54) is 6.07 Å². The van der Waals surface area contributed by atoms with E-state index in [4.69, 9.17) is 9.15 Å². The predicted molar refractivity (Wildman–Crippen MR) is 127 cm³/mol. The molecule has 0 saturated heterocycles. The van der Waals surface area contributed by atoms with E-state index in [0.29, 0.717) is 47.6 Å². The number of furan rings is 1. The van der Waals surface area contributed by atoms with Crippen LogP contribution in [0.15, 0.2) is 45.9 Å². The molecule has 1 heterocycles. The van der Waals surface area contributed by atoms with Crippen LogP contribution < -0.4 is 10.2 Å². The lowest BCUT2D eigenvalue weighted by Crippen LogP contribution is -2.14. The van der Waals surface area contributed by atoms with Crippen LogP contribution in [-0.4, -0.2) is 21.5 Å². The number of anilines is 1. The van der Waals surface area contributed by atoms with E-state index < -0.39 is 27.2 Å². The monoisotopic (exact) mass is 478 g/mol. The van der Waals surface area contributed by atoms with Crippen LogP contribution in [0.25, 0.3) is 0 Å². The van der Waals surface area contributed by atoms with Crippen molar-refractivity contribution < 1.29 is 23.8 Å². The second kappa shape index (κ2) is 9.37. The number of non-ortho nitro benzene ring substituents is 1. The van der Waals surface area contributed by atoms with Gasteiger partial charge in [-0.2, -0.15) is 5.10 Å². The first-order chi connectivity index (χ1) is 16.6. The molecule has 1 aliphatic rings. The Hall–Kier alpha value is -4.54. The molecular formula is C24H22N4O7. The Labute approximate surface area is 199 Å². The normalized spacial score (nSPS) is 13.9. The van der Waals surface area contributed by atoms with E-state index in [1.54, 1.807) is 19.1 Å². The van der Waals surface area contributed by atoms with Gasteiger partial charge >= 0.3 is 11.7 Å². The van der Waals surface area contributed by atoms with Crippen LogP contribution in [0.5, 0.6) is 5.75 Å². The number of nitrogens with one attached hydrogen (secondary N) is 1. The van der Waals surface area contributed by atoms with Crippen LogP contribution in [0.3, 0.4) is 0 Å². The van der Waals surface area contributed by atoms with Gasteiger partial charge in [-0.25, -0.2) is 4.79 Å². The molecule has 0 spiro atoms. The van der Waals surface area contributed by atoms with Gasteiger partial charge in [-0.15, -0.1) is 0 Å². The van der Waals surface area contributed by atoms with Crippen molar-refractivity contribution in [2.24, 2.45) is 5.10 Å². The van der Waals surface area contributed by atoms with E-state index in [2.05, 4.69) is 10.5 Å². The maximum absolute atomic E-state index is 12.9. The number of nitrogens with zero attached hydrogens (tertiary/aromatic N) is 3. The third-order valence-electron chi connectivity index (χ3n) is 5.62. The molecule has 0 unspecified atom stereocenters. The van der Waals surface area contributed by atoms with Gasteiger partial charge in [0.25, 0.3) is 5.69 Å². The summed E-state index contributed by atoms with van der Waals surface area (Å²) < 4.78 is 11.4. The molecular weight excluding hydrogens is 456 g/mol. The number of hydrogen-bond acceptors (Lipinski definition) is 9. The fraction of sp³-hybridized carbons (Fsp3) is 0.250. The number of carbonyl (C=O) groups is 1. The van der Waals surface area contributed by atoms with E-state index in [1.807, 2.05) is 19.9 Å². The lowest BCUT2D eigenvalue weighted by Gasteiger charge is -2.13. The Bertz CT molecular complexity index is 1370. The summed E-state index contributed by atoms with van der Waals surface area (Å²) in [4.78, 5) is 33.8. The summed E-state index contributed by atoms with van der Waals surface area (Å²) in [6, 6.07) is 8.76. The molecule has 11 heteroatoms. The third-order valence-corrected chi connectivity index (χ3v) is 5.62. The maximum atomic E-state index is 12.9. The summed E-state index contributed by atoms with van der Waals surface area (Å²) in [5, 5.41) is 26.7. The Morgan fingerprint density at radius 1 is 1.03 bits per heavy atom. The van der Waals surface area contributed by atoms with Crippen LogP contribution in [0.2, 0.25) is 0 Å². The SMILES string of the molecule is Cc1cc(C)cc(OC(=O)c2oc3c(c2C)/C(=N/Nc2ccc([N+](=O)[O-])cc2[N+](=O)[O-])CCC3)c1. The Morgan fingerprint density at radius 2 is 1.74 bits per heavy atom. The molecule has 11 nitrogen and oxygen atoms in total. The van der Waals surface area contributed by atoms with Gasteiger partial charge in [0.15, 0.2) is 0 Å². The molecule has 4 rings (SSSR count). The van der Waals surface area contributed by atoms with Crippen LogP contribution in [0.1, 0.15) is 51.4 Å². The molecule has 1 aliphatic carbocycles. The number of hydrogen-bond donors (Lipinski definition) is 1. The van der Waals surface area contributed by atoms with Crippen molar-refractivity contribution in [1.82, 2.24) is 0 Å². The van der Waals surface area contributed by atoms with Gasteiger partial charge in [0, 0.05) is 23.6 Å². The Balaban J connectivity index is 1.63. The first-order valence-corrected chi connectivity index (χ1v) is 10.8. The number of esters is 1. The number of rotatable bonds is 6. The first-order valence-electron chi connectivity index (χ1n) is 10.8. The molecule has 1 N–H and O–H groups in total. The van der Waals surface area contributed by atoms with Gasteiger partial charge < -0.3 is 9.15 Å². The minimum atomic E-state index is -0.716. The van der Waals surface area contributed by atoms with Crippen molar-refractivity contribution in [3.8, 4) is 5.75 Å². The van der Waals surface area contributed by atoms with Crippen LogP contribution in [0, 0.1) is 41.0 Å². The highest BCUT2D eigenvalue weighted by molar-refractivity contribution is 6.06. The largest absolute Gasteiger partial charge is 0.453 e. The second-order valence-electron chi connectivity index (χ2n) is 8.31. The Kier molecular flexibility index (Phi) is 6.32. The van der Waals surface area contributed by atoms with Crippen LogP contribution >= 0.6 is 0 Å². The minimum Gasteiger partial charge on any atom is -0.453 e. The summed E-state index contributed by atoms with van der Waals surface area (Å²) in [7, 11) is 0. The number of carbonyl (C=O) groups excluding carboxylic acids is 1. The number of nitro benzene ring substituents is 2. The van der Waals surface area contributed by atoms with Crippen molar-refractivity contribution in [2.45, 2.75) is 40.0 Å². The van der Waals surface area contributed by atoms with E-state index >= 15 is 0 Å². The summed E-state index contributed by atoms with van der Waals surface area (Å²) in [6.45, 7) is 5.55. The standard InChI is InChI=1S/C24H22N4O7/c1-13-9-14(2)11-17(10-13)34-24(29)23-15(3)22-19(5-4-6-21(22)35-23)26-25-18-8-7-16(27(30)31)12-20(18)28(32)33/h7-12,25H,4-6H2,1-3H3/b26-19+. The fourth-order valence-corrected chi connectivity index (χ4v) is 4.13. The molecule has 35 heavy (non-hydrogen) atoms. The van der Waals surface area contributed by atoms with Gasteiger partial charge in [-0.3, -0.25) is 25.7 Å². The predicted octanol–water partition coefficient (Wildman–Crippen LogP) is 5.39. The number of hydrazone groups is 1. The molecule has 3 aromatic rings. The van der Waals surface area contributed by atoms with Crippen molar-refractivity contribution in [3.63, 3.8) is 0 Å². The fourth-order valence-electron chi connectivity index (χ4n) is 4.13. The van der Waals surface area contributed by atoms with Gasteiger partial charge in [0.1, 0.15) is 17.2 Å². The molecule has 0 fully saturated rings. The number of nitro groups is 2. The molecule has 0 radical (unpaired) electrons. The lowest BCUT2D eigenvalue weighted by atomic mass is 9.93. The Morgan fingerprint density at radius 3 is 2.40 bits per heavy atom. The number of ether oxygens (including phenoxy) is 1. The average molecular weight is 478 g/mol. The van der Waals surface area contributed by atoms with Gasteiger partial charge in [-0.1, -0.05) is 6.07 Å². The van der Waals surface area contributed by atoms with Crippen molar-refractivity contribution >= 4 is 28.7 Å². The number of benzene rings is 2. The lowest BCUT2D eigenvalue weighted by molar-refractivity contribution is -0.393. The molecule has 2 aromatic carbocycles. The zero-order valence-electron chi connectivity index (χ0n) is 19.3. The average Bonchev–Trinajstić information content (AvgIpc) is 3.14. The second-order valence-corrected chi connectivity index (χ2v) is 8.31. The maximum Gasteiger partial charge on any atom is 0.379 e. The zero-order valence-corrected chi connectivity index (χ0v) is 19.3. The smallest absolute Gasteiger partial charge is 0.379 e. The van der Waals surface area contributed by atoms with Gasteiger partial charge in [0.05, 0.1) is 21.6 Å². The number of fused-ring (bicyclic) bond motifs is 1. The highest BCUT2D eigenvalue weighted by atomic mass is 16.6. The third kappa shape index (κ3) is 4.88. The zero-order chi connectivity index (χ0) is 25.3. The molecule has 0 atom stereocenters. The van der Waals surface area contributed by atoms with E-state index in [0.717, 1.165) is 23.3 Å². The van der Waals surface area contributed by atoms with Crippen molar-refractivity contribution in [2.75, 3.05) is 5.43 Å². The molecule has 0 saturated carbocycles. The highest BCUT2D eigenvalue weighted by Gasteiger charge is 2.29. The molecule has 0 aliphatic heterocycles. The molecule has 0 amide bonds. The van der Waals surface area contributed by atoms with E-state index in [-0.39, 0.29) is 11.4 Å². The quantitative estimate of drug-likeness (QED) is 0.214. The van der Waals surface area contributed by atoms with Crippen molar-refractivity contribution in [1.29, 1.82) is 0 Å². The summed E-state index contributed by atoms with van der Waals surface area (Å²) in [5.41, 5.74) is 5.50. The summed E-state index contributed by atoms with van der Waals surface area (Å²) in [5.74, 6) is 0.451. The molecule has 180 valence electrons. The van der Waals surface area contributed by atoms with Crippen LogP contribution in [0.4, 0.5) is 17.1 Å². The summed E-state index contributed by atoms with van der Waals surface area (Å²) >= 11 is 0. The van der Waals surface area contributed by atoms with Gasteiger partial charge in [-0.05, 0) is 62.9 Å². The topological polar surface area (TPSA) is 150 Å². The van der Waals surface area contributed by atoms with Gasteiger partial charge in [0.2, 0.25) is 5.76 Å². The molecule has 1 aromatic heterocycles. The first kappa shape index (κ1) is 23.6.